The molecule has 0 radical (unpaired) electrons. The third-order valence-electron chi connectivity index (χ3n) is 5.90. The van der Waals surface area contributed by atoms with Crippen molar-refractivity contribution in [3.8, 4) is 11.5 Å². The Kier molecular flexibility index (Phi) is 6.15. The number of ketones is 1. The van der Waals surface area contributed by atoms with Gasteiger partial charge in [0, 0.05) is 24.6 Å². The first-order valence-corrected chi connectivity index (χ1v) is 10.5. The van der Waals surface area contributed by atoms with Gasteiger partial charge in [0.25, 0.3) is 0 Å². The van der Waals surface area contributed by atoms with Gasteiger partial charge in [-0.15, -0.1) is 0 Å². The van der Waals surface area contributed by atoms with Gasteiger partial charge < -0.3 is 9.84 Å². The van der Waals surface area contributed by atoms with E-state index in [2.05, 4.69) is 29.2 Å². The fourth-order valence-electron chi connectivity index (χ4n) is 4.21. The fraction of sp³-hybridized carbons (Fsp3) is 0.269. The van der Waals surface area contributed by atoms with Crippen LogP contribution in [0.2, 0.25) is 0 Å². The minimum atomic E-state index is -0.268. The van der Waals surface area contributed by atoms with E-state index in [1.165, 1.54) is 5.56 Å². The van der Waals surface area contributed by atoms with Crippen LogP contribution in [0.5, 0.6) is 11.5 Å². The lowest BCUT2D eigenvalue weighted by Gasteiger charge is -2.41. The number of piperidine rings is 1. The molecule has 3 aromatic rings. The molecule has 1 aliphatic rings. The van der Waals surface area contributed by atoms with Gasteiger partial charge in [-0.1, -0.05) is 60.7 Å². The van der Waals surface area contributed by atoms with Crippen molar-refractivity contribution in [2.45, 2.75) is 31.4 Å². The molecule has 0 aliphatic carbocycles. The molecule has 4 heteroatoms. The summed E-state index contributed by atoms with van der Waals surface area (Å²) in [7, 11) is 0. The largest absolute Gasteiger partial charge is 0.508 e. The standard InChI is InChI=1S/C26H27NO3/c1-19(26(29)21-11-8-12-22(28)17-21)27-16-15-25(30-23-13-6-3-7-14-23)24(18-27)20-9-4-2-5-10-20/h2-14,17,19,24-25,28H,15-16,18H2,1H3. The van der Waals surface area contributed by atoms with Crippen LogP contribution in [-0.4, -0.2) is 41.0 Å². The summed E-state index contributed by atoms with van der Waals surface area (Å²) in [5, 5.41) is 9.74. The van der Waals surface area contributed by atoms with Crippen LogP contribution in [0.1, 0.15) is 35.2 Å². The Morgan fingerprint density at radius 3 is 2.40 bits per heavy atom. The molecule has 0 amide bonds. The molecule has 30 heavy (non-hydrogen) atoms. The molecule has 3 atom stereocenters. The van der Waals surface area contributed by atoms with E-state index in [9.17, 15) is 9.90 Å². The zero-order valence-corrected chi connectivity index (χ0v) is 17.1. The number of carbonyl (C=O) groups is 1. The molecule has 0 spiro atoms. The van der Waals surface area contributed by atoms with Crippen LogP contribution in [0.4, 0.5) is 0 Å². The Hall–Kier alpha value is -3.11. The van der Waals surface area contributed by atoms with Crippen molar-refractivity contribution in [1.29, 1.82) is 0 Å². The maximum absolute atomic E-state index is 13.0. The number of hydrogen-bond acceptors (Lipinski definition) is 4. The van der Waals surface area contributed by atoms with Gasteiger partial charge in [-0.25, -0.2) is 0 Å². The molecule has 0 aromatic heterocycles. The maximum atomic E-state index is 13.0. The summed E-state index contributed by atoms with van der Waals surface area (Å²) < 4.78 is 6.37. The van der Waals surface area contributed by atoms with Crippen LogP contribution in [-0.2, 0) is 0 Å². The zero-order valence-electron chi connectivity index (χ0n) is 17.1. The number of likely N-dealkylation sites (tertiary alicyclic amines) is 1. The van der Waals surface area contributed by atoms with Gasteiger partial charge in [0.15, 0.2) is 5.78 Å². The average Bonchev–Trinajstić information content (AvgIpc) is 2.79. The van der Waals surface area contributed by atoms with E-state index in [0.29, 0.717) is 5.56 Å². The number of phenolic OH excluding ortho intramolecular Hbond substituents is 1. The van der Waals surface area contributed by atoms with Gasteiger partial charge in [0.2, 0.25) is 0 Å². The van der Waals surface area contributed by atoms with Crippen LogP contribution in [0, 0.1) is 0 Å². The Morgan fingerprint density at radius 2 is 1.70 bits per heavy atom. The predicted molar refractivity (Wildman–Crippen MR) is 118 cm³/mol. The zero-order chi connectivity index (χ0) is 20.9. The highest BCUT2D eigenvalue weighted by molar-refractivity contribution is 6.00. The van der Waals surface area contributed by atoms with Gasteiger partial charge >= 0.3 is 0 Å². The van der Waals surface area contributed by atoms with Crippen molar-refractivity contribution < 1.29 is 14.6 Å². The van der Waals surface area contributed by atoms with Crippen LogP contribution in [0.15, 0.2) is 84.9 Å². The monoisotopic (exact) mass is 401 g/mol. The first kappa shape index (κ1) is 20.2. The molecule has 1 N–H and O–H groups in total. The molecule has 1 saturated heterocycles. The number of para-hydroxylation sites is 1. The minimum Gasteiger partial charge on any atom is -0.508 e. The summed E-state index contributed by atoms with van der Waals surface area (Å²) in [4.78, 5) is 15.3. The van der Waals surface area contributed by atoms with Gasteiger partial charge in [-0.05, 0) is 43.2 Å². The molecule has 0 bridgehead atoms. The summed E-state index contributed by atoms with van der Waals surface area (Å²) in [5.74, 6) is 1.19. The highest BCUT2D eigenvalue weighted by Crippen LogP contribution is 2.32. The molecule has 1 fully saturated rings. The fourth-order valence-corrected chi connectivity index (χ4v) is 4.21. The highest BCUT2D eigenvalue weighted by Gasteiger charge is 2.35. The molecular formula is C26H27NO3. The molecular weight excluding hydrogens is 374 g/mol. The van der Waals surface area contributed by atoms with E-state index < -0.39 is 0 Å². The topological polar surface area (TPSA) is 49.8 Å². The van der Waals surface area contributed by atoms with E-state index in [0.717, 1.165) is 25.3 Å². The Labute approximate surface area is 177 Å². The number of rotatable bonds is 6. The molecule has 4 nitrogen and oxygen atoms in total. The first-order valence-electron chi connectivity index (χ1n) is 10.5. The Bertz CT molecular complexity index is 974. The van der Waals surface area contributed by atoms with Crippen molar-refractivity contribution in [1.82, 2.24) is 4.90 Å². The van der Waals surface area contributed by atoms with Crippen LogP contribution < -0.4 is 4.74 Å². The number of benzene rings is 3. The third kappa shape index (κ3) is 4.55. The molecule has 1 heterocycles. The van der Waals surface area contributed by atoms with Crippen LogP contribution in [0.25, 0.3) is 0 Å². The summed E-state index contributed by atoms with van der Waals surface area (Å²) in [6.07, 6.45) is 0.890. The molecule has 4 rings (SSSR count). The molecule has 3 unspecified atom stereocenters. The number of nitrogens with zero attached hydrogens (tertiary/aromatic N) is 1. The normalized spacial score (nSPS) is 20.4. The summed E-state index contributed by atoms with van der Waals surface area (Å²) in [6, 6.07) is 26.7. The second-order valence-corrected chi connectivity index (χ2v) is 7.86. The first-order chi connectivity index (χ1) is 14.6. The maximum Gasteiger partial charge on any atom is 0.179 e. The van der Waals surface area contributed by atoms with Gasteiger partial charge in [0.05, 0.1) is 6.04 Å². The van der Waals surface area contributed by atoms with Crippen LogP contribution >= 0.6 is 0 Å². The molecule has 154 valence electrons. The quantitative estimate of drug-likeness (QED) is 0.597. The number of phenols is 1. The van der Waals surface area contributed by atoms with Crippen molar-refractivity contribution in [2.75, 3.05) is 13.1 Å². The lowest BCUT2D eigenvalue weighted by atomic mass is 9.86. The summed E-state index contributed by atoms with van der Waals surface area (Å²) in [6.45, 7) is 3.48. The highest BCUT2D eigenvalue weighted by atomic mass is 16.5. The molecule has 0 saturated carbocycles. The van der Waals surface area contributed by atoms with Crippen molar-refractivity contribution in [2.24, 2.45) is 0 Å². The average molecular weight is 402 g/mol. The second-order valence-electron chi connectivity index (χ2n) is 7.86. The van der Waals surface area contributed by atoms with Gasteiger partial charge in [-0.2, -0.15) is 0 Å². The van der Waals surface area contributed by atoms with Gasteiger partial charge in [0.1, 0.15) is 17.6 Å². The number of hydrogen-bond donors (Lipinski definition) is 1. The molecule has 1 aliphatic heterocycles. The van der Waals surface area contributed by atoms with E-state index >= 15 is 0 Å². The van der Waals surface area contributed by atoms with Crippen LogP contribution in [0.3, 0.4) is 0 Å². The Morgan fingerprint density at radius 1 is 1.00 bits per heavy atom. The number of Topliss-reactive ketones (excluding diaryl/α,β-unsaturated/α-hetero) is 1. The second kappa shape index (κ2) is 9.14. The van der Waals surface area contributed by atoms with Crippen molar-refractivity contribution in [3.05, 3.63) is 96.1 Å². The lowest BCUT2D eigenvalue weighted by Crippen LogP contribution is -2.50. The van der Waals surface area contributed by atoms with Crippen molar-refractivity contribution in [3.63, 3.8) is 0 Å². The molecule has 3 aromatic carbocycles. The minimum absolute atomic E-state index is 0.0279. The third-order valence-corrected chi connectivity index (χ3v) is 5.90. The number of aromatic hydroxyl groups is 1. The predicted octanol–water partition coefficient (Wildman–Crippen LogP) is 4.90. The Balaban J connectivity index is 1.54. The lowest BCUT2D eigenvalue weighted by molar-refractivity contribution is 0.0509. The number of ether oxygens (including phenoxy) is 1. The smallest absolute Gasteiger partial charge is 0.179 e. The number of carbonyl (C=O) groups excluding carboxylic acids is 1. The SMILES string of the molecule is CC(C(=O)c1cccc(O)c1)N1CCC(Oc2ccccc2)C(c2ccccc2)C1. The van der Waals surface area contributed by atoms with E-state index in [4.69, 9.17) is 4.74 Å². The van der Waals surface area contributed by atoms with Crippen molar-refractivity contribution >= 4 is 5.78 Å². The van der Waals surface area contributed by atoms with Gasteiger partial charge in [-0.3, -0.25) is 9.69 Å². The van der Waals surface area contributed by atoms with E-state index in [-0.39, 0.29) is 29.6 Å². The van der Waals surface area contributed by atoms with E-state index in [1.807, 2.05) is 43.3 Å². The summed E-state index contributed by atoms with van der Waals surface area (Å²) in [5.41, 5.74) is 1.77. The van der Waals surface area contributed by atoms with E-state index in [1.54, 1.807) is 24.3 Å². The summed E-state index contributed by atoms with van der Waals surface area (Å²) >= 11 is 0.